The largest absolute Gasteiger partial charge is 0.386 e. The Morgan fingerprint density at radius 2 is 1.95 bits per heavy atom. The molecule has 118 valence electrons. The third-order valence-electron chi connectivity index (χ3n) is 3.29. The van der Waals surface area contributed by atoms with Gasteiger partial charge in [-0.2, -0.15) is 0 Å². The maximum absolute atomic E-state index is 12.0. The lowest BCUT2D eigenvalue weighted by atomic mass is 10.0. The zero-order chi connectivity index (χ0) is 15.8. The summed E-state index contributed by atoms with van der Waals surface area (Å²) >= 11 is 5.81. The highest BCUT2D eigenvalue weighted by atomic mass is 35.5. The molecule has 0 spiro atoms. The number of aliphatic hydroxyl groups is 1. The van der Waals surface area contributed by atoms with E-state index in [4.69, 9.17) is 16.3 Å². The van der Waals surface area contributed by atoms with Crippen molar-refractivity contribution in [1.82, 2.24) is 5.32 Å². The average molecular weight is 314 g/mol. The van der Waals surface area contributed by atoms with Crippen LogP contribution in [0, 0.1) is 0 Å². The van der Waals surface area contributed by atoms with Crippen molar-refractivity contribution >= 4 is 17.5 Å². The molecule has 4 nitrogen and oxygen atoms in total. The SMILES string of the molecule is CCCCOC(C)C(=O)NC(C)C(O)c1ccc(Cl)cc1. The molecule has 0 radical (unpaired) electrons. The van der Waals surface area contributed by atoms with E-state index in [0.717, 1.165) is 12.8 Å². The molecule has 0 fully saturated rings. The second kappa shape index (κ2) is 9.03. The number of carbonyl (C=O) groups excluding carboxylic acids is 1. The monoisotopic (exact) mass is 313 g/mol. The van der Waals surface area contributed by atoms with Gasteiger partial charge in [0.05, 0.1) is 12.1 Å². The molecule has 0 aromatic heterocycles. The molecule has 0 aliphatic heterocycles. The third-order valence-corrected chi connectivity index (χ3v) is 3.54. The quantitative estimate of drug-likeness (QED) is 0.725. The minimum atomic E-state index is -0.783. The fourth-order valence-electron chi connectivity index (χ4n) is 1.85. The van der Waals surface area contributed by atoms with Gasteiger partial charge < -0.3 is 15.2 Å². The van der Waals surface area contributed by atoms with Gasteiger partial charge in [-0.25, -0.2) is 0 Å². The molecular formula is C16H24ClNO3. The summed E-state index contributed by atoms with van der Waals surface area (Å²) in [6.45, 7) is 6.11. The van der Waals surface area contributed by atoms with E-state index < -0.39 is 18.2 Å². The summed E-state index contributed by atoms with van der Waals surface area (Å²) in [6, 6.07) is 6.51. The molecule has 0 saturated heterocycles. The van der Waals surface area contributed by atoms with Crippen molar-refractivity contribution in [2.75, 3.05) is 6.61 Å². The Hall–Kier alpha value is -1.10. The number of rotatable bonds is 8. The van der Waals surface area contributed by atoms with Gasteiger partial charge in [0.25, 0.3) is 0 Å². The van der Waals surface area contributed by atoms with Gasteiger partial charge >= 0.3 is 0 Å². The van der Waals surface area contributed by atoms with Crippen LogP contribution >= 0.6 is 11.6 Å². The van der Waals surface area contributed by atoms with E-state index in [1.54, 1.807) is 38.1 Å². The first-order valence-electron chi connectivity index (χ1n) is 7.31. The van der Waals surface area contributed by atoms with Gasteiger partial charge in [0.1, 0.15) is 6.10 Å². The number of hydrogen-bond acceptors (Lipinski definition) is 3. The van der Waals surface area contributed by atoms with Crippen molar-refractivity contribution in [3.63, 3.8) is 0 Å². The fraction of sp³-hybridized carbons (Fsp3) is 0.562. The van der Waals surface area contributed by atoms with Crippen LogP contribution in [0.1, 0.15) is 45.3 Å². The minimum Gasteiger partial charge on any atom is -0.386 e. The summed E-state index contributed by atoms with van der Waals surface area (Å²) in [7, 11) is 0. The second-order valence-electron chi connectivity index (χ2n) is 5.16. The first-order chi connectivity index (χ1) is 9.95. The Bertz CT molecular complexity index is 436. The molecule has 0 saturated carbocycles. The number of carbonyl (C=O) groups is 1. The van der Waals surface area contributed by atoms with Gasteiger partial charge in [-0.15, -0.1) is 0 Å². The Balaban J connectivity index is 2.49. The van der Waals surface area contributed by atoms with E-state index in [1.807, 2.05) is 0 Å². The molecular weight excluding hydrogens is 290 g/mol. The Morgan fingerprint density at radius 1 is 1.33 bits per heavy atom. The fourth-order valence-corrected chi connectivity index (χ4v) is 1.98. The van der Waals surface area contributed by atoms with Gasteiger partial charge in [0.2, 0.25) is 5.91 Å². The van der Waals surface area contributed by atoms with Gasteiger partial charge in [-0.3, -0.25) is 4.79 Å². The maximum atomic E-state index is 12.0. The third kappa shape index (κ3) is 6.04. The molecule has 0 aliphatic carbocycles. The van der Waals surface area contributed by atoms with Crippen molar-refractivity contribution in [3.05, 3.63) is 34.9 Å². The number of halogens is 1. The molecule has 0 bridgehead atoms. The molecule has 1 aromatic carbocycles. The number of ether oxygens (including phenoxy) is 1. The zero-order valence-corrected chi connectivity index (χ0v) is 13.6. The van der Waals surface area contributed by atoms with Crippen LogP contribution in [0.2, 0.25) is 5.02 Å². The van der Waals surface area contributed by atoms with Gasteiger partial charge in [-0.05, 0) is 38.0 Å². The summed E-state index contributed by atoms with van der Waals surface area (Å²) in [5, 5.41) is 13.6. The van der Waals surface area contributed by atoms with E-state index in [2.05, 4.69) is 12.2 Å². The lowest BCUT2D eigenvalue weighted by molar-refractivity contribution is -0.133. The van der Waals surface area contributed by atoms with Crippen molar-refractivity contribution < 1.29 is 14.6 Å². The number of aliphatic hydroxyl groups excluding tert-OH is 1. The van der Waals surface area contributed by atoms with Crippen molar-refractivity contribution in [2.45, 2.75) is 51.9 Å². The number of hydrogen-bond donors (Lipinski definition) is 2. The lowest BCUT2D eigenvalue weighted by Gasteiger charge is -2.22. The van der Waals surface area contributed by atoms with Crippen molar-refractivity contribution in [1.29, 1.82) is 0 Å². The molecule has 1 amide bonds. The highest BCUT2D eigenvalue weighted by Crippen LogP contribution is 2.19. The summed E-state index contributed by atoms with van der Waals surface area (Å²) in [5.74, 6) is -0.216. The van der Waals surface area contributed by atoms with Crippen LogP contribution in [0.3, 0.4) is 0 Å². The Labute approximate surface area is 131 Å². The van der Waals surface area contributed by atoms with E-state index in [1.165, 1.54) is 0 Å². The molecule has 1 rings (SSSR count). The van der Waals surface area contributed by atoms with E-state index >= 15 is 0 Å². The number of unbranched alkanes of at least 4 members (excludes halogenated alkanes) is 1. The summed E-state index contributed by atoms with van der Waals surface area (Å²) < 4.78 is 5.44. The molecule has 2 N–H and O–H groups in total. The molecule has 0 aliphatic rings. The van der Waals surface area contributed by atoms with Gasteiger partial charge in [0.15, 0.2) is 0 Å². The highest BCUT2D eigenvalue weighted by molar-refractivity contribution is 6.30. The van der Waals surface area contributed by atoms with Crippen LogP contribution in [0.4, 0.5) is 0 Å². The molecule has 0 heterocycles. The predicted octanol–water partition coefficient (Wildman–Crippen LogP) is 3.08. The minimum absolute atomic E-state index is 0.216. The van der Waals surface area contributed by atoms with Crippen LogP contribution in [0.25, 0.3) is 0 Å². The normalized spacial score (nSPS) is 15.3. The highest BCUT2D eigenvalue weighted by Gasteiger charge is 2.21. The topological polar surface area (TPSA) is 58.6 Å². The van der Waals surface area contributed by atoms with Crippen LogP contribution in [0.5, 0.6) is 0 Å². The van der Waals surface area contributed by atoms with Crippen LogP contribution in [-0.4, -0.2) is 29.8 Å². The van der Waals surface area contributed by atoms with Crippen molar-refractivity contribution in [2.24, 2.45) is 0 Å². The van der Waals surface area contributed by atoms with Gasteiger partial charge in [-0.1, -0.05) is 37.1 Å². The van der Waals surface area contributed by atoms with E-state index in [-0.39, 0.29) is 5.91 Å². The Morgan fingerprint density at radius 3 is 2.52 bits per heavy atom. The molecule has 3 unspecified atom stereocenters. The molecule has 21 heavy (non-hydrogen) atoms. The molecule has 5 heteroatoms. The first kappa shape index (κ1) is 18.0. The Kier molecular flexibility index (Phi) is 7.72. The number of benzene rings is 1. The summed E-state index contributed by atoms with van der Waals surface area (Å²) in [4.78, 5) is 12.0. The number of amides is 1. The predicted molar refractivity (Wildman–Crippen MR) is 84.3 cm³/mol. The van der Waals surface area contributed by atoms with Gasteiger partial charge in [0, 0.05) is 11.6 Å². The standard InChI is InChI=1S/C16H24ClNO3/c1-4-5-10-21-12(3)16(20)18-11(2)15(19)13-6-8-14(17)9-7-13/h6-9,11-12,15,19H,4-5,10H2,1-3H3,(H,18,20). The summed E-state index contributed by atoms with van der Waals surface area (Å²) in [5.41, 5.74) is 0.715. The average Bonchev–Trinajstić information content (AvgIpc) is 2.47. The van der Waals surface area contributed by atoms with E-state index in [0.29, 0.717) is 17.2 Å². The van der Waals surface area contributed by atoms with E-state index in [9.17, 15) is 9.90 Å². The maximum Gasteiger partial charge on any atom is 0.249 e. The second-order valence-corrected chi connectivity index (χ2v) is 5.60. The van der Waals surface area contributed by atoms with Crippen LogP contribution < -0.4 is 5.32 Å². The lowest BCUT2D eigenvalue weighted by Crippen LogP contribution is -2.42. The molecule has 3 atom stereocenters. The smallest absolute Gasteiger partial charge is 0.249 e. The van der Waals surface area contributed by atoms with Crippen LogP contribution in [0.15, 0.2) is 24.3 Å². The number of nitrogens with one attached hydrogen (secondary N) is 1. The van der Waals surface area contributed by atoms with Crippen LogP contribution in [-0.2, 0) is 9.53 Å². The van der Waals surface area contributed by atoms with Crippen molar-refractivity contribution in [3.8, 4) is 0 Å². The zero-order valence-electron chi connectivity index (χ0n) is 12.8. The summed E-state index contributed by atoms with van der Waals surface area (Å²) in [6.07, 6.45) is 0.658. The first-order valence-corrected chi connectivity index (χ1v) is 7.69. The molecule has 1 aromatic rings.